The van der Waals surface area contributed by atoms with E-state index in [4.69, 9.17) is 16.4 Å². The molecule has 0 N–H and O–H groups in total. The summed E-state index contributed by atoms with van der Waals surface area (Å²) in [4.78, 5) is 22.3. The fourth-order valence-corrected chi connectivity index (χ4v) is 2.91. The van der Waals surface area contributed by atoms with Crippen LogP contribution in [0.15, 0.2) is 52.5 Å². The van der Waals surface area contributed by atoms with Crippen molar-refractivity contribution in [1.82, 2.24) is 4.98 Å². The van der Waals surface area contributed by atoms with Crippen molar-refractivity contribution < 1.29 is 31.3 Å². The molecule has 0 fully saturated rings. The highest BCUT2D eigenvalue weighted by Gasteiger charge is 2.28. The number of hydrogen-bond donors (Lipinski definition) is 0. The van der Waals surface area contributed by atoms with Crippen LogP contribution in [0, 0.1) is 10.1 Å². The summed E-state index contributed by atoms with van der Waals surface area (Å²) in [5.41, 5.74) is -0.558. The van der Waals surface area contributed by atoms with E-state index in [1.165, 1.54) is 36.5 Å². The van der Waals surface area contributed by atoms with Gasteiger partial charge in [0, 0.05) is 17.3 Å². The first-order valence-electron chi connectivity index (χ1n) is 6.12. The standard InChI is InChI=1S/C11H7ClN2O4S.C2HF3O/c12-8-3-5-9(6-4-8)19(17,18)11-10(14(15)16)2-1-7-13-11;3-2(4,5)1-6/h1-7H;1H. The van der Waals surface area contributed by atoms with Gasteiger partial charge in [-0.25, -0.2) is 13.4 Å². The molecule has 2 aromatic rings. The van der Waals surface area contributed by atoms with E-state index in [1.54, 1.807) is 0 Å². The molecule has 1 aromatic carbocycles. The van der Waals surface area contributed by atoms with Gasteiger partial charge in [-0.15, -0.1) is 0 Å². The Labute approximate surface area is 144 Å². The molecule has 0 radical (unpaired) electrons. The SMILES string of the molecule is O=CC(F)(F)F.O=[N+]([O-])c1cccnc1S(=O)(=O)c1ccc(Cl)cc1. The summed E-state index contributed by atoms with van der Waals surface area (Å²) in [5.74, 6) is 0. The first-order chi connectivity index (χ1) is 11.5. The fourth-order valence-electron chi connectivity index (χ4n) is 1.45. The monoisotopic (exact) mass is 396 g/mol. The minimum Gasteiger partial charge on any atom is -0.293 e. The van der Waals surface area contributed by atoms with Crippen molar-refractivity contribution in [1.29, 1.82) is 0 Å². The van der Waals surface area contributed by atoms with Gasteiger partial charge in [0.2, 0.25) is 21.1 Å². The zero-order valence-corrected chi connectivity index (χ0v) is 13.5. The van der Waals surface area contributed by atoms with Crippen molar-refractivity contribution >= 4 is 33.4 Å². The van der Waals surface area contributed by atoms with Gasteiger partial charge >= 0.3 is 11.9 Å². The van der Waals surface area contributed by atoms with Gasteiger partial charge in [0.15, 0.2) is 0 Å². The predicted molar refractivity (Wildman–Crippen MR) is 79.9 cm³/mol. The number of carbonyl (C=O) groups is 1. The molecule has 2 rings (SSSR count). The van der Waals surface area contributed by atoms with Crippen LogP contribution < -0.4 is 0 Å². The third kappa shape index (κ3) is 5.80. The van der Waals surface area contributed by atoms with E-state index >= 15 is 0 Å². The van der Waals surface area contributed by atoms with Crippen LogP contribution in [0.4, 0.5) is 18.9 Å². The maximum Gasteiger partial charge on any atom is 0.446 e. The molecular weight excluding hydrogens is 389 g/mol. The molecule has 0 bridgehead atoms. The van der Waals surface area contributed by atoms with E-state index in [2.05, 4.69) is 4.98 Å². The molecule has 0 saturated heterocycles. The van der Waals surface area contributed by atoms with Gasteiger partial charge in [-0.05, 0) is 30.3 Å². The molecule has 12 heteroatoms. The molecule has 0 unspecified atom stereocenters. The van der Waals surface area contributed by atoms with Crippen molar-refractivity contribution in [2.45, 2.75) is 16.1 Å². The Morgan fingerprint density at radius 3 is 2.12 bits per heavy atom. The average Bonchev–Trinajstić information content (AvgIpc) is 2.55. The van der Waals surface area contributed by atoms with Gasteiger partial charge < -0.3 is 0 Å². The summed E-state index contributed by atoms with van der Waals surface area (Å²) in [5, 5.41) is 10.6. The summed E-state index contributed by atoms with van der Waals surface area (Å²) >= 11 is 5.67. The zero-order valence-electron chi connectivity index (χ0n) is 12.0. The zero-order chi connectivity index (χ0) is 19.3. The number of pyridine rings is 1. The molecule has 1 heterocycles. The molecule has 1 aromatic heterocycles. The molecule has 0 aliphatic carbocycles. The van der Waals surface area contributed by atoms with Crippen molar-refractivity contribution in [2.24, 2.45) is 0 Å². The normalized spacial score (nSPS) is 11.2. The second-order valence-electron chi connectivity index (χ2n) is 4.20. The first kappa shape index (κ1) is 20.5. The molecule has 0 spiro atoms. The minimum absolute atomic E-state index is 0.0984. The second-order valence-corrected chi connectivity index (χ2v) is 6.50. The van der Waals surface area contributed by atoms with Crippen LogP contribution in [0.25, 0.3) is 0 Å². The number of benzene rings is 1. The Balaban J connectivity index is 0.000000450. The quantitative estimate of drug-likeness (QED) is 0.448. The second kappa shape index (κ2) is 8.03. The molecular formula is C13H8ClF3N2O5S. The van der Waals surface area contributed by atoms with Crippen molar-refractivity contribution in [3.8, 4) is 0 Å². The Morgan fingerprint density at radius 1 is 1.16 bits per heavy atom. The summed E-state index contributed by atoms with van der Waals surface area (Å²) in [7, 11) is -4.04. The molecule has 0 amide bonds. The highest BCUT2D eigenvalue weighted by Crippen LogP contribution is 2.27. The molecule has 0 aliphatic heterocycles. The lowest BCUT2D eigenvalue weighted by Gasteiger charge is -2.04. The van der Waals surface area contributed by atoms with Gasteiger partial charge in [-0.1, -0.05) is 11.6 Å². The largest absolute Gasteiger partial charge is 0.446 e. The lowest BCUT2D eigenvalue weighted by atomic mass is 10.4. The molecule has 0 atom stereocenters. The lowest BCUT2D eigenvalue weighted by molar-refractivity contribution is -0.388. The van der Waals surface area contributed by atoms with Crippen LogP contribution in [-0.2, 0) is 14.6 Å². The predicted octanol–water partition coefficient (Wildman–Crippen LogP) is 3.22. The molecule has 25 heavy (non-hydrogen) atoms. The number of nitro groups is 1. The maximum atomic E-state index is 12.3. The summed E-state index contributed by atoms with van der Waals surface area (Å²) < 4.78 is 55.8. The minimum atomic E-state index is -4.64. The van der Waals surface area contributed by atoms with Crippen molar-refractivity contribution in [3.05, 3.63) is 57.7 Å². The Morgan fingerprint density at radius 2 is 1.68 bits per heavy atom. The van der Waals surface area contributed by atoms with E-state index in [0.717, 1.165) is 6.07 Å². The molecule has 134 valence electrons. The molecule has 0 aliphatic rings. The van der Waals surface area contributed by atoms with Crippen LogP contribution in [0.5, 0.6) is 0 Å². The Hall–Kier alpha value is -2.53. The van der Waals surface area contributed by atoms with Crippen LogP contribution >= 0.6 is 11.6 Å². The Bertz CT molecular complexity index is 870. The van der Waals surface area contributed by atoms with Crippen molar-refractivity contribution in [2.75, 3.05) is 0 Å². The summed E-state index contributed by atoms with van der Waals surface area (Å²) in [6, 6.07) is 7.73. The topological polar surface area (TPSA) is 107 Å². The van der Waals surface area contributed by atoms with E-state index in [0.29, 0.717) is 5.02 Å². The number of aldehydes is 1. The number of hydrogen-bond acceptors (Lipinski definition) is 6. The highest BCUT2D eigenvalue weighted by molar-refractivity contribution is 7.91. The fraction of sp³-hybridized carbons (Fsp3) is 0.0769. The lowest BCUT2D eigenvalue weighted by Crippen LogP contribution is -2.07. The number of rotatable bonds is 3. The van der Waals surface area contributed by atoms with Crippen LogP contribution in [0.3, 0.4) is 0 Å². The average molecular weight is 397 g/mol. The number of sulfone groups is 1. The number of aromatic nitrogens is 1. The molecule has 0 saturated carbocycles. The van der Waals surface area contributed by atoms with Gasteiger partial charge in [-0.3, -0.25) is 14.9 Å². The smallest absolute Gasteiger partial charge is 0.293 e. The third-order valence-electron chi connectivity index (χ3n) is 2.46. The van der Waals surface area contributed by atoms with E-state index < -0.39 is 37.9 Å². The molecule has 7 nitrogen and oxygen atoms in total. The highest BCUT2D eigenvalue weighted by atomic mass is 35.5. The van der Waals surface area contributed by atoms with Crippen LogP contribution in [-0.4, -0.2) is 30.8 Å². The van der Waals surface area contributed by atoms with Gasteiger partial charge in [0.25, 0.3) is 0 Å². The first-order valence-corrected chi connectivity index (χ1v) is 7.98. The summed E-state index contributed by atoms with van der Waals surface area (Å²) in [6.07, 6.45) is -4.51. The number of carbonyl (C=O) groups excluding carboxylic acids is 1. The van der Waals surface area contributed by atoms with E-state index in [9.17, 15) is 31.7 Å². The third-order valence-corrected chi connectivity index (χ3v) is 4.43. The van der Waals surface area contributed by atoms with Crippen molar-refractivity contribution in [3.63, 3.8) is 0 Å². The van der Waals surface area contributed by atoms with Crippen LogP contribution in [0.1, 0.15) is 0 Å². The number of halogens is 4. The van der Waals surface area contributed by atoms with E-state index in [-0.39, 0.29) is 4.90 Å². The Kier molecular flexibility index (Phi) is 6.59. The van der Waals surface area contributed by atoms with Crippen LogP contribution in [0.2, 0.25) is 5.02 Å². The number of nitrogens with zero attached hydrogens (tertiary/aromatic N) is 2. The maximum absolute atomic E-state index is 12.3. The summed E-state index contributed by atoms with van der Waals surface area (Å²) in [6.45, 7) is 0. The van der Waals surface area contributed by atoms with Gasteiger partial charge in [0.1, 0.15) is 0 Å². The number of alkyl halides is 3. The van der Waals surface area contributed by atoms with Gasteiger partial charge in [0.05, 0.1) is 9.82 Å². The van der Waals surface area contributed by atoms with Gasteiger partial charge in [-0.2, -0.15) is 13.2 Å². The van der Waals surface area contributed by atoms with E-state index in [1.807, 2.05) is 0 Å².